The fraction of sp³-hybridized carbons (Fsp3) is 0.333. The fourth-order valence-electron chi connectivity index (χ4n) is 2.66. The van der Waals surface area contributed by atoms with Gasteiger partial charge in [-0.15, -0.1) is 0 Å². The first-order chi connectivity index (χ1) is 11.6. The van der Waals surface area contributed by atoms with Gasteiger partial charge < -0.3 is 29.2 Å². The molecule has 130 valence electrons. The molecule has 2 unspecified atom stereocenters. The highest BCUT2D eigenvalue weighted by Crippen LogP contribution is 2.44. The molecule has 2 rings (SSSR count). The van der Waals surface area contributed by atoms with Crippen LogP contribution in [-0.2, 0) is 0 Å². The van der Waals surface area contributed by atoms with Crippen LogP contribution in [0, 0.1) is 0 Å². The summed E-state index contributed by atoms with van der Waals surface area (Å²) in [5.74, 6) is 1.65. The third-order valence-electron chi connectivity index (χ3n) is 3.82. The van der Waals surface area contributed by atoms with E-state index < -0.39 is 12.2 Å². The first kappa shape index (κ1) is 17.9. The highest BCUT2D eigenvalue weighted by atomic mass is 16.5. The molecule has 6 heteroatoms. The molecule has 6 nitrogen and oxygen atoms in total. The summed E-state index contributed by atoms with van der Waals surface area (Å²) in [5, 5.41) is 21.6. The van der Waals surface area contributed by atoms with Crippen molar-refractivity contribution in [2.45, 2.75) is 12.2 Å². The van der Waals surface area contributed by atoms with Gasteiger partial charge in [-0.05, 0) is 24.3 Å². The molecular formula is C18H22O6. The molecule has 0 saturated heterocycles. The second-order valence-electron chi connectivity index (χ2n) is 5.04. The molecule has 2 atom stereocenters. The van der Waals surface area contributed by atoms with E-state index in [-0.39, 0.29) is 0 Å². The average Bonchev–Trinajstić information content (AvgIpc) is 2.65. The summed E-state index contributed by atoms with van der Waals surface area (Å²) in [7, 11) is 5.95. The molecule has 2 N–H and O–H groups in total. The van der Waals surface area contributed by atoms with Crippen molar-refractivity contribution in [2.75, 3.05) is 28.4 Å². The maximum atomic E-state index is 10.8. The molecule has 2 aromatic rings. The van der Waals surface area contributed by atoms with Crippen molar-refractivity contribution in [2.24, 2.45) is 0 Å². The highest BCUT2D eigenvalue weighted by molar-refractivity contribution is 5.51. The Morgan fingerprint density at radius 1 is 0.583 bits per heavy atom. The molecular weight excluding hydrogens is 312 g/mol. The Morgan fingerprint density at radius 3 is 1.04 bits per heavy atom. The monoisotopic (exact) mass is 334 g/mol. The van der Waals surface area contributed by atoms with Crippen LogP contribution in [0.15, 0.2) is 36.4 Å². The molecule has 0 amide bonds. The quantitative estimate of drug-likeness (QED) is 0.810. The van der Waals surface area contributed by atoms with Gasteiger partial charge in [-0.1, -0.05) is 12.1 Å². The van der Waals surface area contributed by atoms with Crippen molar-refractivity contribution in [3.63, 3.8) is 0 Å². The molecule has 0 heterocycles. The molecule has 0 aliphatic rings. The zero-order chi connectivity index (χ0) is 17.7. The number of rotatable bonds is 7. The zero-order valence-electron chi connectivity index (χ0n) is 14.1. The zero-order valence-corrected chi connectivity index (χ0v) is 14.1. The Balaban J connectivity index is 2.54. The lowest BCUT2D eigenvalue weighted by atomic mass is 9.95. The van der Waals surface area contributed by atoms with Gasteiger partial charge in [0, 0.05) is 0 Å². The first-order valence-corrected chi connectivity index (χ1v) is 7.36. The van der Waals surface area contributed by atoms with Crippen molar-refractivity contribution in [3.8, 4) is 23.0 Å². The summed E-state index contributed by atoms with van der Waals surface area (Å²) >= 11 is 0. The summed E-state index contributed by atoms with van der Waals surface area (Å²) < 4.78 is 21.2. The first-order valence-electron chi connectivity index (χ1n) is 7.36. The van der Waals surface area contributed by atoms with Crippen molar-refractivity contribution < 1.29 is 29.2 Å². The van der Waals surface area contributed by atoms with Gasteiger partial charge >= 0.3 is 0 Å². The van der Waals surface area contributed by atoms with Crippen molar-refractivity contribution >= 4 is 0 Å². The van der Waals surface area contributed by atoms with Crippen LogP contribution in [-0.4, -0.2) is 38.7 Å². The van der Waals surface area contributed by atoms with Crippen molar-refractivity contribution in [1.29, 1.82) is 0 Å². The Labute approximate surface area is 141 Å². The SMILES string of the molecule is COc1cccc(OC)c1C(O)C(O)c1c(OC)cccc1OC. The molecule has 0 spiro atoms. The normalized spacial score (nSPS) is 13.1. The van der Waals surface area contributed by atoms with E-state index >= 15 is 0 Å². The third kappa shape index (κ3) is 3.25. The number of aliphatic hydroxyl groups is 2. The molecule has 0 aliphatic heterocycles. The second-order valence-corrected chi connectivity index (χ2v) is 5.04. The second kappa shape index (κ2) is 7.90. The molecule has 2 aromatic carbocycles. The van der Waals surface area contributed by atoms with Crippen molar-refractivity contribution in [1.82, 2.24) is 0 Å². The van der Waals surface area contributed by atoms with E-state index in [1.54, 1.807) is 36.4 Å². The number of methoxy groups -OCH3 is 4. The van der Waals surface area contributed by atoms with E-state index in [0.717, 1.165) is 0 Å². The predicted octanol–water partition coefficient (Wildman–Crippen LogP) is 2.49. The van der Waals surface area contributed by atoms with E-state index in [1.165, 1.54) is 28.4 Å². The lowest BCUT2D eigenvalue weighted by Crippen LogP contribution is -2.14. The summed E-state index contributed by atoms with van der Waals surface area (Å²) in [6.45, 7) is 0. The van der Waals surface area contributed by atoms with Gasteiger partial charge in [0.2, 0.25) is 0 Å². The smallest absolute Gasteiger partial charge is 0.128 e. The average molecular weight is 334 g/mol. The van der Waals surface area contributed by atoms with Gasteiger partial charge in [0.15, 0.2) is 0 Å². The number of hydrogen-bond donors (Lipinski definition) is 2. The summed E-state index contributed by atoms with van der Waals surface area (Å²) in [5.41, 5.74) is 0.700. The molecule has 0 aliphatic carbocycles. The van der Waals surface area contributed by atoms with Crippen LogP contribution >= 0.6 is 0 Å². The van der Waals surface area contributed by atoms with Crippen LogP contribution in [0.5, 0.6) is 23.0 Å². The minimum Gasteiger partial charge on any atom is -0.496 e. The standard InChI is InChI=1S/C18H22O6/c1-21-11-7-5-8-12(22-2)15(11)17(19)18(20)16-13(23-3)9-6-10-14(16)24-4/h5-10,17-20H,1-4H3. The summed E-state index contributed by atoms with van der Waals surface area (Å²) in [6.07, 6.45) is -2.61. The summed E-state index contributed by atoms with van der Waals surface area (Å²) in [4.78, 5) is 0. The number of benzene rings is 2. The maximum Gasteiger partial charge on any atom is 0.128 e. The van der Waals surface area contributed by atoms with Crippen LogP contribution in [0.25, 0.3) is 0 Å². The minimum atomic E-state index is -1.30. The van der Waals surface area contributed by atoms with Gasteiger partial charge in [-0.2, -0.15) is 0 Å². The largest absolute Gasteiger partial charge is 0.496 e. The molecule has 0 saturated carbocycles. The number of aliphatic hydroxyl groups excluding tert-OH is 2. The Morgan fingerprint density at radius 2 is 0.833 bits per heavy atom. The van der Waals surface area contributed by atoms with Gasteiger partial charge in [0.1, 0.15) is 35.2 Å². The van der Waals surface area contributed by atoms with Crippen LogP contribution < -0.4 is 18.9 Å². The van der Waals surface area contributed by atoms with Gasteiger partial charge in [0.25, 0.3) is 0 Å². The van der Waals surface area contributed by atoms with Crippen LogP contribution in [0.3, 0.4) is 0 Å². The van der Waals surface area contributed by atoms with Gasteiger partial charge in [0.05, 0.1) is 39.6 Å². The minimum absolute atomic E-state index is 0.350. The van der Waals surface area contributed by atoms with E-state index in [1.807, 2.05) is 0 Å². The molecule has 0 fully saturated rings. The Kier molecular flexibility index (Phi) is 5.89. The number of ether oxygens (including phenoxy) is 4. The molecule has 0 aromatic heterocycles. The lowest BCUT2D eigenvalue weighted by molar-refractivity contribution is 0.0117. The van der Waals surface area contributed by atoms with E-state index in [9.17, 15) is 10.2 Å². The van der Waals surface area contributed by atoms with Crippen LogP contribution in [0.4, 0.5) is 0 Å². The Hall–Kier alpha value is -2.44. The molecule has 24 heavy (non-hydrogen) atoms. The predicted molar refractivity (Wildman–Crippen MR) is 89.0 cm³/mol. The topological polar surface area (TPSA) is 77.4 Å². The van der Waals surface area contributed by atoms with Crippen LogP contribution in [0.2, 0.25) is 0 Å². The summed E-state index contributed by atoms with van der Waals surface area (Å²) in [6, 6.07) is 10.2. The maximum absolute atomic E-state index is 10.8. The molecule has 0 radical (unpaired) electrons. The highest BCUT2D eigenvalue weighted by Gasteiger charge is 2.31. The lowest BCUT2D eigenvalue weighted by Gasteiger charge is -2.25. The van der Waals surface area contributed by atoms with Crippen molar-refractivity contribution in [3.05, 3.63) is 47.5 Å². The molecule has 0 bridgehead atoms. The van der Waals surface area contributed by atoms with E-state index in [0.29, 0.717) is 34.1 Å². The Bertz CT molecular complexity index is 581. The van der Waals surface area contributed by atoms with E-state index in [2.05, 4.69) is 0 Å². The third-order valence-corrected chi connectivity index (χ3v) is 3.82. The van der Waals surface area contributed by atoms with Gasteiger partial charge in [-0.25, -0.2) is 0 Å². The van der Waals surface area contributed by atoms with Gasteiger partial charge in [-0.3, -0.25) is 0 Å². The van der Waals surface area contributed by atoms with E-state index in [4.69, 9.17) is 18.9 Å². The number of hydrogen-bond acceptors (Lipinski definition) is 6. The fourth-order valence-corrected chi connectivity index (χ4v) is 2.66. The van der Waals surface area contributed by atoms with Crippen LogP contribution in [0.1, 0.15) is 23.3 Å².